The fourth-order valence-electron chi connectivity index (χ4n) is 2.78. The van der Waals surface area contributed by atoms with Crippen LogP contribution in [0.5, 0.6) is 0 Å². The van der Waals surface area contributed by atoms with Crippen LogP contribution in [-0.2, 0) is 16.0 Å². The SMILES string of the molecule is O=C/C=C1/OC(/C=C/Cc2ccccc2)=Nc2c1oc1ccc(Br)cc21. The van der Waals surface area contributed by atoms with Gasteiger partial charge in [-0.25, -0.2) is 4.99 Å². The summed E-state index contributed by atoms with van der Waals surface area (Å²) in [5.41, 5.74) is 2.55. The van der Waals surface area contributed by atoms with Crippen LogP contribution in [0.3, 0.4) is 0 Å². The number of ether oxygens (including phenoxy) is 1. The van der Waals surface area contributed by atoms with Gasteiger partial charge in [0.2, 0.25) is 5.90 Å². The summed E-state index contributed by atoms with van der Waals surface area (Å²) in [4.78, 5) is 15.6. The third-order valence-electron chi connectivity index (χ3n) is 3.96. The molecule has 4 rings (SSSR count). The molecule has 0 N–H and O–H groups in total. The maximum absolute atomic E-state index is 11.0. The lowest BCUT2D eigenvalue weighted by molar-refractivity contribution is -0.104. The lowest BCUT2D eigenvalue weighted by Gasteiger charge is -2.13. The Balaban J connectivity index is 1.72. The molecule has 2 aromatic carbocycles. The summed E-state index contributed by atoms with van der Waals surface area (Å²) in [6, 6.07) is 15.8. The lowest BCUT2D eigenvalue weighted by atomic mass is 10.1. The number of carbonyl (C=O) groups is 1. The highest BCUT2D eigenvalue weighted by Gasteiger charge is 2.24. The molecule has 0 spiro atoms. The van der Waals surface area contributed by atoms with Gasteiger partial charge >= 0.3 is 0 Å². The van der Waals surface area contributed by atoms with Gasteiger partial charge in [0.15, 0.2) is 11.5 Å². The van der Waals surface area contributed by atoms with Crippen LogP contribution in [0.25, 0.3) is 16.7 Å². The Morgan fingerprint density at radius 2 is 1.96 bits per heavy atom. The van der Waals surface area contributed by atoms with E-state index < -0.39 is 0 Å². The van der Waals surface area contributed by atoms with E-state index in [-0.39, 0.29) is 0 Å². The van der Waals surface area contributed by atoms with E-state index >= 15 is 0 Å². The molecule has 2 heterocycles. The number of rotatable bonds is 4. The van der Waals surface area contributed by atoms with Gasteiger partial charge in [0.25, 0.3) is 0 Å². The first-order valence-corrected chi connectivity index (χ1v) is 8.89. The van der Waals surface area contributed by atoms with Crippen LogP contribution in [0.4, 0.5) is 5.69 Å². The van der Waals surface area contributed by atoms with Gasteiger partial charge in [0, 0.05) is 15.9 Å². The maximum Gasteiger partial charge on any atom is 0.219 e. The van der Waals surface area contributed by atoms with Crippen LogP contribution in [0, 0.1) is 0 Å². The van der Waals surface area contributed by atoms with Crippen molar-refractivity contribution in [2.24, 2.45) is 4.99 Å². The molecule has 5 heteroatoms. The predicted octanol–water partition coefficient (Wildman–Crippen LogP) is 5.59. The molecule has 0 aliphatic carbocycles. The molecule has 0 saturated carbocycles. The number of aldehydes is 1. The topological polar surface area (TPSA) is 51.8 Å². The molecule has 3 aromatic rings. The van der Waals surface area contributed by atoms with Crippen molar-refractivity contribution < 1.29 is 13.9 Å². The smallest absolute Gasteiger partial charge is 0.219 e. The van der Waals surface area contributed by atoms with Gasteiger partial charge in [-0.1, -0.05) is 52.3 Å². The van der Waals surface area contributed by atoms with Crippen molar-refractivity contribution in [2.45, 2.75) is 6.42 Å². The lowest BCUT2D eigenvalue weighted by Crippen LogP contribution is -2.05. The molecular weight excluding hydrogens is 394 g/mol. The molecule has 0 radical (unpaired) electrons. The monoisotopic (exact) mass is 407 g/mol. The summed E-state index contributed by atoms with van der Waals surface area (Å²) in [5, 5.41) is 0.864. The van der Waals surface area contributed by atoms with Crippen LogP contribution < -0.4 is 0 Å². The van der Waals surface area contributed by atoms with Crippen molar-refractivity contribution in [2.75, 3.05) is 0 Å². The minimum atomic E-state index is 0.358. The van der Waals surface area contributed by atoms with Crippen LogP contribution in [0.1, 0.15) is 11.3 Å². The van der Waals surface area contributed by atoms with Crippen molar-refractivity contribution in [3.8, 4) is 0 Å². The fraction of sp³-hybridized carbons (Fsp3) is 0.0476. The number of hydrogen-bond donors (Lipinski definition) is 0. The Morgan fingerprint density at radius 1 is 1.12 bits per heavy atom. The number of benzene rings is 2. The molecule has 0 saturated heterocycles. The van der Waals surface area contributed by atoms with E-state index in [0.29, 0.717) is 35.0 Å². The fourth-order valence-corrected chi connectivity index (χ4v) is 3.14. The zero-order valence-corrected chi connectivity index (χ0v) is 15.3. The average Bonchev–Trinajstić information content (AvgIpc) is 3.01. The largest absolute Gasteiger partial charge is 0.450 e. The third-order valence-corrected chi connectivity index (χ3v) is 4.45. The molecule has 4 nitrogen and oxygen atoms in total. The standard InChI is InChI=1S/C21H14BrNO3/c22-15-9-10-17-16(13-15)20-21(26-17)18(11-12-24)25-19(23-20)8-4-7-14-5-2-1-3-6-14/h1-6,8-13H,7H2/b8-4+,18-11+. The van der Waals surface area contributed by atoms with Crippen molar-refractivity contribution >= 4 is 50.5 Å². The summed E-state index contributed by atoms with van der Waals surface area (Å²) < 4.78 is 12.5. The summed E-state index contributed by atoms with van der Waals surface area (Å²) >= 11 is 3.47. The van der Waals surface area contributed by atoms with Gasteiger partial charge in [-0.15, -0.1) is 0 Å². The van der Waals surface area contributed by atoms with Gasteiger partial charge in [-0.3, -0.25) is 4.79 Å². The molecule has 0 amide bonds. The highest BCUT2D eigenvalue weighted by atomic mass is 79.9. The Morgan fingerprint density at radius 3 is 2.77 bits per heavy atom. The predicted molar refractivity (Wildman–Crippen MR) is 105 cm³/mol. The normalized spacial score (nSPS) is 15.1. The van der Waals surface area contributed by atoms with Crippen molar-refractivity contribution in [3.05, 3.63) is 82.6 Å². The molecule has 0 atom stereocenters. The van der Waals surface area contributed by atoms with Gasteiger partial charge in [-0.05, 0) is 36.3 Å². The van der Waals surface area contributed by atoms with Crippen LogP contribution >= 0.6 is 15.9 Å². The first kappa shape index (κ1) is 16.5. The Hall–Kier alpha value is -2.92. The van der Waals surface area contributed by atoms with Crippen LogP contribution in [-0.4, -0.2) is 12.2 Å². The van der Waals surface area contributed by atoms with Crippen LogP contribution in [0.2, 0.25) is 0 Å². The number of carbonyl (C=O) groups excluding carboxylic acids is 1. The van der Waals surface area contributed by atoms with E-state index in [2.05, 4.69) is 33.1 Å². The Kier molecular flexibility index (Phi) is 4.54. The van der Waals surface area contributed by atoms with Crippen molar-refractivity contribution in [3.63, 3.8) is 0 Å². The molecule has 0 bridgehead atoms. The van der Waals surface area contributed by atoms with Crippen LogP contribution in [0.15, 0.2) is 80.6 Å². The summed E-state index contributed by atoms with van der Waals surface area (Å²) in [7, 11) is 0. The van der Waals surface area contributed by atoms with Gasteiger partial charge in [0.05, 0.1) is 0 Å². The zero-order valence-electron chi connectivity index (χ0n) is 13.7. The average molecular weight is 408 g/mol. The van der Waals surface area contributed by atoms with E-state index in [1.807, 2.05) is 48.6 Å². The number of hydrogen-bond acceptors (Lipinski definition) is 4. The number of furan rings is 1. The first-order chi connectivity index (χ1) is 12.7. The Bertz CT molecular complexity index is 1060. The van der Waals surface area contributed by atoms with Gasteiger partial charge in [-0.2, -0.15) is 0 Å². The van der Waals surface area contributed by atoms with E-state index in [9.17, 15) is 4.79 Å². The molecule has 1 aliphatic rings. The number of allylic oxidation sites excluding steroid dienone is 2. The second kappa shape index (κ2) is 7.14. The number of nitrogens with zero attached hydrogens (tertiary/aromatic N) is 1. The molecule has 1 aromatic heterocycles. The number of fused-ring (bicyclic) bond motifs is 3. The molecule has 0 fully saturated rings. The van der Waals surface area contributed by atoms with Crippen molar-refractivity contribution in [1.29, 1.82) is 0 Å². The van der Waals surface area contributed by atoms with Gasteiger partial charge < -0.3 is 9.15 Å². The number of halogens is 1. The van der Waals surface area contributed by atoms with Gasteiger partial charge in [0.1, 0.15) is 17.6 Å². The highest BCUT2D eigenvalue weighted by molar-refractivity contribution is 9.10. The van der Waals surface area contributed by atoms with E-state index in [1.54, 1.807) is 0 Å². The van der Waals surface area contributed by atoms with E-state index in [4.69, 9.17) is 9.15 Å². The maximum atomic E-state index is 11.0. The number of aliphatic imine (C=N–C) groups is 1. The molecule has 1 aliphatic heterocycles. The summed E-state index contributed by atoms with van der Waals surface area (Å²) in [6.07, 6.45) is 6.58. The molecular formula is C21H14BrNO3. The van der Waals surface area contributed by atoms with E-state index in [1.165, 1.54) is 11.6 Å². The third kappa shape index (κ3) is 3.26. The zero-order chi connectivity index (χ0) is 17.9. The second-order valence-electron chi connectivity index (χ2n) is 5.73. The first-order valence-electron chi connectivity index (χ1n) is 8.09. The quantitative estimate of drug-likeness (QED) is 0.418. The minimum Gasteiger partial charge on any atom is -0.450 e. The summed E-state index contributed by atoms with van der Waals surface area (Å²) in [6.45, 7) is 0. The van der Waals surface area contributed by atoms with Crippen molar-refractivity contribution in [1.82, 2.24) is 0 Å². The summed E-state index contributed by atoms with van der Waals surface area (Å²) in [5.74, 6) is 1.24. The van der Waals surface area contributed by atoms with E-state index in [0.717, 1.165) is 16.3 Å². The molecule has 26 heavy (non-hydrogen) atoms. The second-order valence-corrected chi connectivity index (χ2v) is 6.65. The minimum absolute atomic E-state index is 0.358. The molecule has 0 unspecified atom stereocenters. The Labute approximate surface area is 158 Å². The molecule has 128 valence electrons. The highest BCUT2D eigenvalue weighted by Crippen LogP contribution is 2.41.